The number of hydrogen-bond donors (Lipinski definition) is 1. The normalized spacial score (nSPS) is 18.2. The maximum Gasteiger partial charge on any atom is 0.244 e. The van der Waals surface area contributed by atoms with Gasteiger partial charge >= 0.3 is 0 Å². The molecule has 0 aliphatic carbocycles. The molecule has 0 radical (unpaired) electrons. The highest BCUT2D eigenvalue weighted by atomic mass is 35.5. The Labute approximate surface area is 156 Å². The summed E-state index contributed by atoms with van der Waals surface area (Å²) in [6, 6.07) is 13.5. The molecule has 1 aliphatic heterocycles. The van der Waals surface area contributed by atoms with Crippen LogP contribution >= 0.6 is 23.4 Å². The average Bonchev–Trinajstić information content (AvgIpc) is 3.06. The van der Waals surface area contributed by atoms with Gasteiger partial charge in [0.1, 0.15) is 0 Å². The molecule has 132 valence electrons. The zero-order valence-electron chi connectivity index (χ0n) is 13.5. The second kappa shape index (κ2) is 7.37. The van der Waals surface area contributed by atoms with E-state index >= 15 is 0 Å². The highest BCUT2D eigenvalue weighted by molar-refractivity contribution is 8.01. The number of nitrogens with zero attached hydrogens (tertiary/aromatic N) is 1. The van der Waals surface area contributed by atoms with Crippen molar-refractivity contribution < 1.29 is 13.2 Å². The van der Waals surface area contributed by atoms with Crippen molar-refractivity contribution in [2.75, 3.05) is 17.6 Å². The van der Waals surface area contributed by atoms with Crippen molar-refractivity contribution in [1.29, 1.82) is 0 Å². The Morgan fingerprint density at radius 2 is 1.80 bits per heavy atom. The summed E-state index contributed by atoms with van der Waals surface area (Å²) in [5.74, 6) is 0.533. The lowest BCUT2D eigenvalue weighted by Gasteiger charge is -2.23. The first-order valence-electron chi connectivity index (χ1n) is 7.64. The molecule has 0 unspecified atom stereocenters. The molecule has 0 saturated carbocycles. The first-order chi connectivity index (χ1) is 11.9. The quantitative estimate of drug-likeness (QED) is 0.854. The Hall–Kier alpha value is -1.54. The number of amides is 1. The van der Waals surface area contributed by atoms with E-state index in [9.17, 15) is 13.2 Å². The average molecular weight is 397 g/mol. The van der Waals surface area contributed by atoms with Crippen LogP contribution in [0.4, 0.5) is 5.69 Å². The lowest BCUT2D eigenvalue weighted by molar-refractivity contribution is -0.114. The zero-order valence-corrected chi connectivity index (χ0v) is 15.9. The van der Waals surface area contributed by atoms with Gasteiger partial charge in [-0.2, -0.15) is 4.31 Å². The van der Waals surface area contributed by atoms with Crippen LogP contribution in [0.5, 0.6) is 0 Å². The maximum absolute atomic E-state index is 13.0. The van der Waals surface area contributed by atoms with Crippen molar-refractivity contribution in [3.63, 3.8) is 0 Å². The number of thioether (sulfide) groups is 1. The molecule has 3 rings (SSSR count). The minimum Gasteiger partial charge on any atom is -0.326 e. The second-order valence-electron chi connectivity index (χ2n) is 5.60. The standard InChI is InChI=1S/C17H17ClN2O3S2/c1-12(21)19-15-6-8-16(9-7-15)25(22,23)20-10-11-24-17(20)13-2-4-14(18)5-3-13/h2-9,17H,10-11H2,1H3,(H,19,21)/t17-/m0/s1. The van der Waals surface area contributed by atoms with Gasteiger partial charge in [-0.3, -0.25) is 4.79 Å². The predicted molar refractivity (Wildman–Crippen MR) is 101 cm³/mol. The molecule has 1 aliphatic rings. The lowest BCUT2D eigenvalue weighted by Crippen LogP contribution is -2.30. The topological polar surface area (TPSA) is 66.5 Å². The van der Waals surface area contributed by atoms with Crippen LogP contribution < -0.4 is 5.32 Å². The lowest BCUT2D eigenvalue weighted by atomic mass is 10.2. The van der Waals surface area contributed by atoms with E-state index in [1.165, 1.54) is 23.4 Å². The maximum atomic E-state index is 13.0. The summed E-state index contributed by atoms with van der Waals surface area (Å²) in [5, 5.41) is 2.98. The summed E-state index contributed by atoms with van der Waals surface area (Å²) < 4.78 is 27.5. The number of anilines is 1. The zero-order chi connectivity index (χ0) is 18.0. The minimum absolute atomic E-state index is 0.200. The van der Waals surface area contributed by atoms with Crippen molar-refractivity contribution in [3.05, 3.63) is 59.1 Å². The highest BCUT2D eigenvalue weighted by Crippen LogP contribution is 2.41. The van der Waals surface area contributed by atoms with Gasteiger partial charge in [0.05, 0.1) is 10.3 Å². The Morgan fingerprint density at radius 3 is 2.40 bits per heavy atom. The molecular formula is C17H17ClN2O3S2. The molecule has 2 aromatic rings. The van der Waals surface area contributed by atoms with Gasteiger partial charge in [0.25, 0.3) is 0 Å². The van der Waals surface area contributed by atoms with E-state index in [4.69, 9.17) is 11.6 Å². The van der Waals surface area contributed by atoms with Gasteiger partial charge in [0.2, 0.25) is 15.9 Å². The molecule has 5 nitrogen and oxygen atoms in total. The third-order valence-electron chi connectivity index (χ3n) is 3.79. The molecule has 1 heterocycles. The molecule has 0 bridgehead atoms. The summed E-state index contributed by atoms with van der Waals surface area (Å²) >= 11 is 7.51. The Bertz CT molecular complexity index is 868. The first-order valence-corrected chi connectivity index (χ1v) is 10.5. The molecule has 0 spiro atoms. The fourth-order valence-electron chi connectivity index (χ4n) is 2.64. The van der Waals surface area contributed by atoms with Crippen molar-refractivity contribution in [2.24, 2.45) is 0 Å². The van der Waals surface area contributed by atoms with Crippen LogP contribution in [0.3, 0.4) is 0 Å². The largest absolute Gasteiger partial charge is 0.326 e. The summed E-state index contributed by atoms with van der Waals surface area (Å²) in [7, 11) is -3.62. The van der Waals surface area contributed by atoms with Crippen molar-refractivity contribution >= 4 is 45.0 Å². The molecule has 1 N–H and O–H groups in total. The van der Waals surface area contributed by atoms with E-state index in [-0.39, 0.29) is 16.2 Å². The van der Waals surface area contributed by atoms with Gasteiger partial charge in [0, 0.05) is 29.9 Å². The fraction of sp³-hybridized carbons (Fsp3) is 0.235. The Kier molecular flexibility index (Phi) is 5.38. The van der Waals surface area contributed by atoms with Crippen LogP contribution in [0.2, 0.25) is 5.02 Å². The monoisotopic (exact) mass is 396 g/mol. The third kappa shape index (κ3) is 4.00. The van der Waals surface area contributed by atoms with E-state index < -0.39 is 10.0 Å². The molecule has 1 saturated heterocycles. The third-order valence-corrected chi connectivity index (χ3v) is 7.31. The van der Waals surface area contributed by atoms with E-state index in [2.05, 4.69) is 5.32 Å². The number of carbonyl (C=O) groups excluding carboxylic acids is 1. The number of rotatable bonds is 4. The highest BCUT2D eigenvalue weighted by Gasteiger charge is 2.36. The summed E-state index contributed by atoms with van der Waals surface area (Å²) in [6.45, 7) is 1.86. The van der Waals surface area contributed by atoms with Gasteiger partial charge in [-0.1, -0.05) is 23.7 Å². The second-order valence-corrected chi connectivity index (χ2v) is 9.11. The molecule has 1 atom stereocenters. The number of sulfonamides is 1. The van der Waals surface area contributed by atoms with Crippen LogP contribution in [0.25, 0.3) is 0 Å². The van der Waals surface area contributed by atoms with E-state index in [1.54, 1.807) is 36.0 Å². The number of carbonyl (C=O) groups is 1. The molecule has 25 heavy (non-hydrogen) atoms. The van der Waals surface area contributed by atoms with Crippen molar-refractivity contribution in [3.8, 4) is 0 Å². The Morgan fingerprint density at radius 1 is 1.16 bits per heavy atom. The molecule has 8 heteroatoms. The number of nitrogens with one attached hydrogen (secondary N) is 1. The van der Waals surface area contributed by atoms with Gasteiger partial charge in [-0.25, -0.2) is 8.42 Å². The van der Waals surface area contributed by atoms with Crippen LogP contribution in [0, 0.1) is 0 Å². The van der Waals surface area contributed by atoms with Crippen LogP contribution in [-0.2, 0) is 14.8 Å². The summed E-state index contributed by atoms with van der Waals surface area (Å²) in [6.07, 6.45) is 0. The fourth-order valence-corrected chi connectivity index (χ4v) is 6.01. The van der Waals surface area contributed by atoms with Crippen LogP contribution in [-0.4, -0.2) is 30.9 Å². The first kappa shape index (κ1) is 18.3. The summed E-state index contributed by atoms with van der Waals surface area (Å²) in [4.78, 5) is 11.3. The molecule has 1 fully saturated rings. The van der Waals surface area contributed by atoms with Gasteiger partial charge in [-0.15, -0.1) is 11.8 Å². The SMILES string of the molecule is CC(=O)Nc1ccc(S(=O)(=O)N2CCS[C@H]2c2ccc(Cl)cc2)cc1. The van der Waals surface area contributed by atoms with Crippen molar-refractivity contribution in [2.45, 2.75) is 17.2 Å². The van der Waals surface area contributed by atoms with Gasteiger partial charge < -0.3 is 5.32 Å². The molecule has 1 amide bonds. The number of halogens is 1. The minimum atomic E-state index is -3.62. The molecular weight excluding hydrogens is 380 g/mol. The molecule has 0 aromatic heterocycles. The van der Waals surface area contributed by atoms with Gasteiger partial charge in [-0.05, 0) is 42.0 Å². The number of hydrogen-bond acceptors (Lipinski definition) is 4. The smallest absolute Gasteiger partial charge is 0.244 e. The van der Waals surface area contributed by atoms with Crippen LogP contribution in [0.1, 0.15) is 17.9 Å². The Balaban J connectivity index is 1.87. The van der Waals surface area contributed by atoms with Crippen LogP contribution in [0.15, 0.2) is 53.4 Å². The van der Waals surface area contributed by atoms with E-state index in [0.717, 1.165) is 11.3 Å². The van der Waals surface area contributed by atoms with Crippen molar-refractivity contribution in [1.82, 2.24) is 4.31 Å². The predicted octanol–water partition coefficient (Wildman–Crippen LogP) is 3.73. The molecule has 2 aromatic carbocycles. The summed E-state index contributed by atoms with van der Waals surface area (Å²) in [5.41, 5.74) is 1.47. The number of benzene rings is 2. The van der Waals surface area contributed by atoms with Gasteiger partial charge in [0.15, 0.2) is 0 Å². The van der Waals surface area contributed by atoms with E-state index in [0.29, 0.717) is 17.3 Å². The van der Waals surface area contributed by atoms with E-state index in [1.807, 2.05) is 12.1 Å².